The van der Waals surface area contributed by atoms with Gasteiger partial charge in [-0.2, -0.15) is 0 Å². The van der Waals surface area contributed by atoms with Crippen molar-refractivity contribution in [2.75, 3.05) is 31.7 Å². The van der Waals surface area contributed by atoms with Crippen LogP contribution in [0.3, 0.4) is 0 Å². The van der Waals surface area contributed by atoms with Gasteiger partial charge in [0.05, 0.1) is 19.3 Å². The lowest BCUT2D eigenvalue weighted by Crippen LogP contribution is -3.09. The number of benzene rings is 1. The van der Waals surface area contributed by atoms with Gasteiger partial charge in [-0.1, -0.05) is 17.7 Å². The van der Waals surface area contributed by atoms with Gasteiger partial charge < -0.3 is 10.2 Å². The van der Waals surface area contributed by atoms with Crippen molar-refractivity contribution < 1.29 is 9.69 Å². The number of rotatable bonds is 6. The number of carbonyl (C=O) groups is 1. The summed E-state index contributed by atoms with van der Waals surface area (Å²) in [5.74, 6) is 0.0566. The molecule has 0 spiro atoms. The van der Waals surface area contributed by atoms with Crippen LogP contribution in [0.15, 0.2) is 40.8 Å². The fourth-order valence-corrected chi connectivity index (χ4v) is 2.22. The molecule has 1 aromatic rings. The van der Waals surface area contributed by atoms with Crippen molar-refractivity contribution in [1.82, 2.24) is 0 Å². The topological polar surface area (TPSA) is 33.5 Å². The Morgan fingerprint density at radius 3 is 2.68 bits per heavy atom. The Hall–Kier alpha value is -1.26. The average molecular weight is 279 g/mol. The zero-order valence-corrected chi connectivity index (χ0v) is 12.9. The molecule has 1 aromatic carbocycles. The SMILES string of the molecule is CSc1ccccc1NC(=O)C[NH+](C)CC=C(C)C. The van der Waals surface area contributed by atoms with E-state index in [1.165, 1.54) is 10.5 Å². The maximum Gasteiger partial charge on any atom is 0.279 e. The van der Waals surface area contributed by atoms with Crippen LogP contribution in [-0.4, -0.2) is 32.3 Å². The van der Waals surface area contributed by atoms with E-state index in [4.69, 9.17) is 0 Å². The molecule has 0 aliphatic carbocycles. The highest BCUT2D eigenvalue weighted by Crippen LogP contribution is 2.24. The summed E-state index contributed by atoms with van der Waals surface area (Å²) in [6, 6.07) is 7.87. The van der Waals surface area contributed by atoms with Crippen molar-refractivity contribution in [1.29, 1.82) is 0 Å². The van der Waals surface area contributed by atoms with Crippen molar-refractivity contribution >= 4 is 23.4 Å². The van der Waals surface area contributed by atoms with Crippen LogP contribution in [-0.2, 0) is 4.79 Å². The third-order valence-corrected chi connectivity index (χ3v) is 3.50. The molecule has 1 unspecified atom stereocenters. The maximum atomic E-state index is 12.0. The van der Waals surface area contributed by atoms with Crippen LogP contribution in [0.1, 0.15) is 13.8 Å². The fraction of sp³-hybridized carbons (Fsp3) is 0.400. The molecule has 0 heterocycles. The van der Waals surface area contributed by atoms with Gasteiger partial charge in [0.25, 0.3) is 5.91 Å². The number of quaternary nitrogens is 1. The van der Waals surface area contributed by atoms with Gasteiger partial charge in [-0.05, 0) is 38.3 Å². The number of hydrogen-bond acceptors (Lipinski definition) is 2. The lowest BCUT2D eigenvalue weighted by molar-refractivity contribution is -0.864. The zero-order valence-electron chi connectivity index (χ0n) is 12.1. The third kappa shape index (κ3) is 5.94. The van der Waals surface area contributed by atoms with E-state index < -0.39 is 0 Å². The standard InChI is InChI=1S/C15H22N2OS/c1-12(2)9-10-17(3)11-15(18)16-13-7-5-6-8-14(13)19-4/h5-9H,10-11H2,1-4H3,(H,16,18)/p+1. The second-order valence-electron chi connectivity index (χ2n) is 4.87. The van der Waals surface area contributed by atoms with Gasteiger partial charge in [0, 0.05) is 4.90 Å². The minimum absolute atomic E-state index is 0.0566. The molecular formula is C15H23N2OS+. The first-order valence-corrected chi connectivity index (χ1v) is 7.63. The summed E-state index contributed by atoms with van der Waals surface area (Å²) in [5, 5.41) is 2.98. The molecule has 0 fully saturated rings. The highest BCUT2D eigenvalue weighted by Gasteiger charge is 2.10. The highest BCUT2D eigenvalue weighted by atomic mass is 32.2. The highest BCUT2D eigenvalue weighted by molar-refractivity contribution is 7.98. The summed E-state index contributed by atoms with van der Waals surface area (Å²) >= 11 is 1.64. The van der Waals surface area contributed by atoms with Crippen LogP contribution in [0.2, 0.25) is 0 Å². The Morgan fingerprint density at radius 2 is 2.05 bits per heavy atom. The van der Waals surface area contributed by atoms with Crippen molar-refractivity contribution in [2.45, 2.75) is 18.7 Å². The summed E-state index contributed by atoms with van der Waals surface area (Å²) in [6.07, 6.45) is 4.16. The molecular weight excluding hydrogens is 256 g/mol. The first kappa shape index (κ1) is 15.8. The molecule has 1 amide bonds. The summed E-state index contributed by atoms with van der Waals surface area (Å²) in [7, 11) is 2.03. The van der Waals surface area contributed by atoms with Crippen LogP contribution in [0.25, 0.3) is 0 Å². The Labute approximate surface area is 120 Å². The van der Waals surface area contributed by atoms with Crippen LogP contribution in [0, 0.1) is 0 Å². The van der Waals surface area contributed by atoms with Crippen molar-refractivity contribution in [3.63, 3.8) is 0 Å². The number of hydrogen-bond donors (Lipinski definition) is 2. The van der Waals surface area contributed by atoms with Gasteiger partial charge in [0.2, 0.25) is 0 Å². The van der Waals surface area contributed by atoms with E-state index in [1.54, 1.807) is 11.8 Å². The summed E-state index contributed by atoms with van der Waals surface area (Å²) < 4.78 is 0. The van der Waals surface area contributed by atoms with Gasteiger partial charge in [-0.3, -0.25) is 4.79 Å². The summed E-state index contributed by atoms with van der Waals surface area (Å²) in [6.45, 7) is 5.50. The maximum absolute atomic E-state index is 12.0. The van der Waals surface area contributed by atoms with Crippen LogP contribution in [0.4, 0.5) is 5.69 Å². The average Bonchev–Trinajstić information content (AvgIpc) is 2.37. The molecule has 0 radical (unpaired) electrons. The van der Waals surface area contributed by atoms with E-state index >= 15 is 0 Å². The Morgan fingerprint density at radius 1 is 1.37 bits per heavy atom. The fourth-order valence-electron chi connectivity index (χ4n) is 1.67. The number of likely N-dealkylation sites (N-methyl/N-ethyl adjacent to an activating group) is 1. The summed E-state index contributed by atoms with van der Waals surface area (Å²) in [5.41, 5.74) is 2.18. The zero-order chi connectivity index (χ0) is 14.3. The molecule has 104 valence electrons. The molecule has 0 bridgehead atoms. The molecule has 1 atom stereocenters. The van der Waals surface area contributed by atoms with E-state index in [2.05, 4.69) is 25.2 Å². The number of amides is 1. The smallest absolute Gasteiger partial charge is 0.279 e. The minimum atomic E-state index is 0.0566. The monoisotopic (exact) mass is 279 g/mol. The Bertz CT molecular complexity index is 453. The third-order valence-electron chi connectivity index (χ3n) is 2.70. The van der Waals surface area contributed by atoms with Crippen molar-refractivity contribution in [3.8, 4) is 0 Å². The molecule has 19 heavy (non-hydrogen) atoms. The van der Waals surface area contributed by atoms with Crippen LogP contribution >= 0.6 is 11.8 Å². The molecule has 0 saturated carbocycles. The van der Waals surface area contributed by atoms with Crippen molar-refractivity contribution in [3.05, 3.63) is 35.9 Å². The number of para-hydroxylation sites is 1. The lowest BCUT2D eigenvalue weighted by atomic mass is 10.3. The normalized spacial score (nSPS) is 11.8. The van der Waals surface area contributed by atoms with Gasteiger partial charge in [-0.15, -0.1) is 11.8 Å². The molecule has 0 aromatic heterocycles. The molecule has 4 heteroatoms. The second kappa shape index (κ2) is 8.02. The van der Waals surface area contributed by atoms with E-state index in [-0.39, 0.29) is 5.91 Å². The first-order valence-electron chi connectivity index (χ1n) is 6.40. The molecule has 0 aliphatic heterocycles. The predicted molar refractivity (Wildman–Crippen MR) is 82.9 cm³/mol. The van der Waals surface area contributed by atoms with E-state index in [1.807, 2.05) is 37.6 Å². The lowest BCUT2D eigenvalue weighted by Gasteiger charge is -2.13. The van der Waals surface area contributed by atoms with Gasteiger partial charge in [0.1, 0.15) is 0 Å². The largest absolute Gasteiger partial charge is 0.326 e. The van der Waals surface area contributed by atoms with E-state index in [0.29, 0.717) is 6.54 Å². The number of thioether (sulfide) groups is 1. The number of allylic oxidation sites excluding steroid dienone is 1. The van der Waals surface area contributed by atoms with Gasteiger partial charge in [-0.25, -0.2) is 0 Å². The predicted octanol–water partition coefficient (Wildman–Crippen LogP) is 1.83. The van der Waals surface area contributed by atoms with Crippen molar-refractivity contribution in [2.24, 2.45) is 0 Å². The number of nitrogens with one attached hydrogen (secondary N) is 2. The molecule has 0 saturated heterocycles. The molecule has 1 rings (SSSR count). The minimum Gasteiger partial charge on any atom is -0.326 e. The number of anilines is 1. The molecule has 2 N–H and O–H groups in total. The molecule has 3 nitrogen and oxygen atoms in total. The van der Waals surface area contributed by atoms with E-state index in [9.17, 15) is 4.79 Å². The second-order valence-corrected chi connectivity index (χ2v) is 5.72. The van der Waals surface area contributed by atoms with Gasteiger partial charge in [0.15, 0.2) is 6.54 Å². The van der Waals surface area contributed by atoms with Crippen LogP contribution < -0.4 is 10.2 Å². The molecule has 0 aliphatic rings. The summed E-state index contributed by atoms with van der Waals surface area (Å²) in [4.78, 5) is 14.2. The Balaban J connectivity index is 2.53. The van der Waals surface area contributed by atoms with Gasteiger partial charge >= 0.3 is 0 Å². The first-order chi connectivity index (χ1) is 9.02. The Kier molecular flexibility index (Phi) is 6.67. The number of carbonyl (C=O) groups excluding carboxylic acids is 1. The quantitative estimate of drug-likeness (QED) is 0.615. The van der Waals surface area contributed by atoms with E-state index in [0.717, 1.165) is 17.1 Å². The van der Waals surface area contributed by atoms with Crippen LogP contribution in [0.5, 0.6) is 0 Å².